The van der Waals surface area contributed by atoms with Gasteiger partial charge in [-0.05, 0) is 51.3 Å². The van der Waals surface area contributed by atoms with Crippen LogP contribution in [0.2, 0.25) is 0 Å². The smallest absolute Gasteiger partial charge is 0.257 e. The number of benzene rings is 1. The van der Waals surface area contributed by atoms with Crippen LogP contribution in [0, 0.1) is 19.8 Å². The molecule has 1 aromatic heterocycles. The van der Waals surface area contributed by atoms with Crippen molar-refractivity contribution in [3.63, 3.8) is 0 Å². The first-order valence-electron chi connectivity index (χ1n) is 10.1. The third-order valence-corrected chi connectivity index (χ3v) is 7.00. The molecule has 0 aliphatic carbocycles. The molecule has 5 heteroatoms. The lowest BCUT2D eigenvalue weighted by atomic mass is 9.75. The lowest BCUT2D eigenvalue weighted by Crippen LogP contribution is -2.60. The van der Waals surface area contributed by atoms with Gasteiger partial charge in [0.2, 0.25) is 0 Å². The van der Waals surface area contributed by atoms with E-state index in [1.165, 1.54) is 37.1 Å². The first-order valence-corrected chi connectivity index (χ1v) is 10.1. The molecule has 5 nitrogen and oxygen atoms in total. The molecule has 4 aliphatic heterocycles. The Bertz CT molecular complexity index is 863. The van der Waals surface area contributed by atoms with Crippen molar-refractivity contribution in [3.8, 4) is 0 Å². The maximum Gasteiger partial charge on any atom is 0.257 e. The van der Waals surface area contributed by atoms with Gasteiger partial charge >= 0.3 is 0 Å². The number of carbonyl (C=O) groups is 1. The van der Waals surface area contributed by atoms with Crippen LogP contribution in [-0.2, 0) is 7.05 Å². The highest BCUT2D eigenvalue weighted by molar-refractivity contribution is 5.95. The number of hydrogen-bond acceptors (Lipinski definition) is 3. The lowest BCUT2D eigenvalue weighted by molar-refractivity contribution is -0.00343. The summed E-state index contributed by atoms with van der Waals surface area (Å²) in [5.74, 6) is 1.20. The molecule has 5 heterocycles. The van der Waals surface area contributed by atoms with E-state index in [4.69, 9.17) is 0 Å². The maximum absolute atomic E-state index is 13.5. The maximum atomic E-state index is 13.5. The quantitative estimate of drug-likeness (QED) is 0.823. The largest absolute Gasteiger partial charge is 0.333 e. The van der Waals surface area contributed by atoms with E-state index < -0.39 is 0 Å². The highest BCUT2D eigenvalue weighted by atomic mass is 16.2. The average molecular weight is 364 g/mol. The molecule has 0 saturated carbocycles. The minimum absolute atomic E-state index is 0.166. The van der Waals surface area contributed by atoms with Gasteiger partial charge in [0.1, 0.15) is 0 Å². The van der Waals surface area contributed by atoms with Crippen molar-refractivity contribution in [2.75, 3.05) is 19.6 Å². The molecule has 142 valence electrons. The number of amides is 1. The van der Waals surface area contributed by atoms with Crippen LogP contribution in [0.4, 0.5) is 0 Å². The highest BCUT2D eigenvalue weighted by Gasteiger charge is 2.54. The average Bonchev–Trinajstić information content (AvgIpc) is 3.24. The summed E-state index contributed by atoms with van der Waals surface area (Å²) in [5, 5.41) is 4.40. The number of likely N-dealkylation sites (tertiary alicyclic amines) is 1. The van der Waals surface area contributed by atoms with E-state index in [1.54, 1.807) is 4.68 Å². The van der Waals surface area contributed by atoms with Gasteiger partial charge in [0, 0.05) is 31.7 Å². The van der Waals surface area contributed by atoms with Crippen molar-refractivity contribution in [3.05, 3.63) is 52.8 Å². The molecule has 3 atom stereocenters. The van der Waals surface area contributed by atoms with Crippen LogP contribution in [0.25, 0.3) is 0 Å². The number of rotatable bonds is 2. The van der Waals surface area contributed by atoms with E-state index in [0.29, 0.717) is 23.9 Å². The SMILES string of the molecule is Cc1ccc([C@@H]2CN(C(=O)c3cn(C)nc3C)[C@@H]3C4CCN(CC4)[C@@H]32)cc1. The zero-order valence-corrected chi connectivity index (χ0v) is 16.4. The Morgan fingerprint density at radius 1 is 1.07 bits per heavy atom. The highest BCUT2D eigenvalue weighted by Crippen LogP contribution is 2.47. The molecule has 4 fully saturated rings. The van der Waals surface area contributed by atoms with Gasteiger partial charge in [-0.3, -0.25) is 14.4 Å². The predicted molar refractivity (Wildman–Crippen MR) is 105 cm³/mol. The van der Waals surface area contributed by atoms with Crippen molar-refractivity contribution in [2.24, 2.45) is 13.0 Å². The van der Waals surface area contributed by atoms with E-state index in [-0.39, 0.29) is 5.91 Å². The van der Waals surface area contributed by atoms with Crippen LogP contribution in [0.3, 0.4) is 0 Å². The zero-order chi connectivity index (χ0) is 18.7. The summed E-state index contributed by atoms with van der Waals surface area (Å²) in [5.41, 5.74) is 4.26. The summed E-state index contributed by atoms with van der Waals surface area (Å²) < 4.78 is 1.75. The van der Waals surface area contributed by atoms with Crippen LogP contribution in [-0.4, -0.2) is 57.2 Å². The second-order valence-electron chi connectivity index (χ2n) is 8.63. The second-order valence-corrected chi connectivity index (χ2v) is 8.63. The van der Waals surface area contributed by atoms with Crippen molar-refractivity contribution in [1.29, 1.82) is 0 Å². The summed E-state index contributed by atoms with van der Waals surface area (Å²) in [6.07, 6.45) is 4.32. The number of aromatic nitrogens is 2. The Balaban J connectivity index is 1.53. The normalized spacial score (nSPS) is 32.0. The van der Waals surface area contributed by atoms with Gasteiger partial charge in [0.05, 0.1) is 17.3 Å². The molecule has 4 aliphatic rings. The third kappa shape index (κ3) is 2.63. The Hall–Kier alpha value is -2.14. The van der Waals surface area contributed by atoms with Gasteiger partial charge in [0.25, 0.3) is 5.91 Å². The molecular formula is C22H28N4O. The van der Waals surface area contributed by atoms with E-state index >= 15 is 0 Å². The van der Waals surface area contributed by atoms with Crippen LogP contribution in [0.15, 0.2) is 30.5 Å². The Labute approximate surface area is 161 Å². The first-order chi connectivity index (χ1) is 13.0. The van der Waals surface area contributed by atoms with Crippen molar-refractivity contribution in [1.82, 2.24) is 19.6 Å². The number of carbonyl (C=O) groups excluding carboxylic acids is 1. The van der Waals surface area contributed by atoms with Crippen LogP contribution in [0.5, 0.6) is 0 Å². The van der Waals surface area contributed by atoms with Gasteiger partial charge in [0.15, 0.2) is 0 Å². The first kappa shape index (κ1) is 17.0. The van der Waals surface area contributed by atoms with Gasteiger partial charge in [-0.1, -0.05) is 29.8 Å². The number of piperidine rings is 3. The van der Waals surface area contributed by atoms with E-state index in [1.807, 2.05) is 20.2 Å². The summed E-state index contributed by atoms with van der Waals surface area (Å²) in [6.45, 7) is 7.26. The summed E-state index contributed by atoms with van der Waals surface area (Å²) in [6, 6.07) is 9.74. The standard InChI is InChI=1S/C22H28N4O/c1-14-4-6-16(7-5-14)19-13-26(22(27)18-12-24(3)23-15(18)2)20-17-8-10-25(11-9-17)21(19)20/h4-7,12,17,19-21H,8-11,13H2,1-3H3/t19-,20+,21+/m0/s1. The van der Waals surface area contributed by atoms with E-state index in [0.717, 1.165) is 17.8 Å². The fourth-order valence-electron chi connectivity index (χ4n) is 5.73. The van der Waals surface area contributed by atoms with Crippen molar-refractivity contribution < 1.29 is 4.79 Å². The molecule has 1 aromatic carbocycles. The number of aryl methyl sites for hydroxylation is 3. The molecule has 0 spiro atoms. The van der Waals surface area contributed by atoms with Crippen LogP contribution in [0.1, 0.15) is 45.9 Å². The second kappa shape index (κ2) is 6.20. The minimum atomic E-state index is 0.166. The van der Waals surface area contributed by atoms with Crippen LogP contribution >= 0.6 is 0 Å². The van der Waals surface area contributed by atoms with E-state index in [9.17, 15) is 4.79 Å². The molecule has 0 N–H and O–H groups in total. The third-order valence-electron chi connectivity index (χ3n) is 7.00. The number of fused-ring (bicyclic) bond motifs is 2. The van der Waals surface area contributed by atoms with E-state index in [2.05, 4.69) is 46.1 Å². The van der Waals surface area contributed by atoms with Crippen molar-refractivity contribution in [2.45, 2.75) is 44.7 Å². The molecule has 6 rings (SSSR count). The predicted octanol–water partition coefficient (Wildman–Crippen LogP) is 2.74. The Morgan fingerprint density at radius 2 is 1.78 bits per heavy atom. The fourth-order valence-corrected chi connectivity index (χ4v) is 5.73. The lowest BCUT2D eigenvalue weighted by Gasteiger charge is -2.51. The Kier molecular flexibility index (Phi) is 3.90. The zero-order valence-electron chi connectivity index (χ0n) is 16.4. The summed E-state index contributed by atoms with van der Waals surface area (Å²) in [4.78, 5) is 18.3. The van der Waals surface area contributed by atoms with Gasteiger partial charge in [-0.15, -0.1) is 0 Å². The van der Waals surface area contributed by atoms with Crippen molar-refractivity contribution >= 4 is 5.91 Å². The molecule has 2 aromatic rings. The molecular weight excluding hydrogens is 336 g/mol. The summed E-state index contributed by atoms with van der Waals surface area (Å²) >= 11 is 0. The molecule has 0 unspecified atom stereocenters. The van der Waals surface area contributed by atoms with Gasteiger partial charge in [-0.25, -0.2) is 0 Å². The molecule has 2 bridgehead atoms. The number of nitrogens with zero attached hydrogens (tertiary/aromatic N) is 4. The fraction of sp³-hybridized carbons (Fsp3) is 0.545. The summed E-state index contributed by atoms with van der Waals surface area (Å²) in [7, 11) is 1.89. The molecule has 0 radical (unpaired) electrons. The molecule has 1 amide bonds. The van der Waals surface area contributed by atoms with Crippen LogP contribution < -0.4 is 0 Å². The van der Waals surface area contributed by atoms with Gasteiger partial charge in [-0.2, -0.15) is 5.10 Å². The molecule has 4 saturated heterocycles. The topological polar surface area (TPSA) is 41.4 Å². The number of hydrogen-bond donors (Lipinski definition) is 0. The van der Waals surface area contributed by atoms with Gasteiger partial charge < -0.3 is 4.90 Å². The molecule has 27 heavy (non-hydrogen) atoms. The minimum Gasteiger partial charge on any atom is -0.333 e. The monoisotopic (exact) mass is 364 g/mol. The Morgan fingerprint density at radius 3 is 2.41 bits per heavy atom.